The van der Waals surface area contributed by atoms with Crippen molar-refractivity contribution in [2.45, 2.75) is 26.3 Å². The third kappa shape index (κ3) is 3.72. The van der Waals surface area contributed by atoms with Crippen molar-refractivity contribution in [3.05, 3.63) is 23.4 Å². The van der Waals surface area contributed by atoms with Gasteiger partial charge < -0.3 is 5.32 Å². The molecule has 21 heavy (non-hydrogen) atoms. The van der Waals surface area contributed by atoms with Gasteiger partial charge in [0.2, 0.25) is 15.9 Å². The Balaban J connectivity index is 2.18. The van der Waals surface area contributed by atoms with E-state index in [2.05, 4.69) is 10.3 Å². The Kier molecular flexibility index (Phi) is 4.85. The molecule has 2 heterocycles. The number of carbonyl (C=O) groups is 1. The second-order valence-corrected chi connectivity index (χ2v) is 7.80. The number of anilines is 1. The molecular formula is C13H18ClN3O3S. The fraction of sp³-hybridized carbons (Fsp3) is 0.538. The van der Waals surface area contributed by atoms with Crippen LogP contribution in [0.15, 0.2) is 18.3 Å². The van der Waals surface area contributed by atoms with Crippen molar-refractivity contribution < 1.29 is 13.2 Å². The molecule has 1 aromatic heterocycles. The van der Waals surface area contributed by atoms with Gasteiger partial charge in [0.05, 0.1) is 10.8 Å². The number of aromatic nitrogens is 1. The van der Waals surface area contributed by atoms with Crippen LogP contribution in [-0.4, -0.2) is 42.0 Å². The zero-order chi connectivity index (χ0) is 15.6. The molecule has 0 aliphatic carbocycles. The third-order valence-electron chi connectivity index (χ3n) is 3.33. The van der Waals surface area contributed by atoms with Crippen LogP contribution in [0.5, 0.6) is 0 Å². The maximum atomic E-state index is 12.4. The van der Waals surface area contributed by atoms with Gasteiger partial charge in [-0.3, -0.25) is 4.79 Å². The summed E-state index contributed by atoms with van der Waals surface area (Å²) in [7, 11) is -3.34. The van der Waals surface area contributed by atoms with Crippen molar-refractivity contribution in [3.8, 4) is 0 Å². The number of hydrogen-bond donors (Lipinski definition) is 1. The first-order chi connectivity index (χ1) is 9.81. The van der Waals surface area contributed by atoms with E-state index in [1.165, 1.54) is 10.5 Å². The van der Waals surface area contributed by atoms with Gasteiger partial charge in [-0.15, -0.1) is 0 Å². The van der Waals surface area contributed by atoms with Crippen LogP contribution in [0.25, 0.3) is 0 Å². The summed E-state index contributed by atoms with van der Waals surface area (Å²) in [6.07, 6.45) is 1.98. The minimum absolute atomic E-state index is 0.0999. The normalized spacial score (nSPS) is 19.6. The average Bonchev–Trinajstić information content (AvgIpc) is 2.72. The highest BCUT2D eigenvalue weighted by molar-refractivity contribution is 7.89. The number of amides is 1. The van der Waals surface area contributed by atoms with Crippen molar-refractivity contribution in [2.24, 2.45) is 5.92 Å². The molecule has 0 radical (unpaired) electrons. The SMILES string of the molecule is CC(C)C(C(=O)Nc1ccc(Cl)cn1)N1CCCS1(=O)=O. The summed E-state index contributed by atoms with van der Waals surface area (Å²) in [5.41, 5.74) is 0. The molecule has 0 bridgehead atoms. The number of sulfonamides is 1. The lowest BCUT2D eigenvalue weighted by molar-refractivity contribution is -0.120. The van der Waals surface area contributed by atoms with E-state index in [1.807, 2.05) is 13.8 Å². The molecule has 1 N–H and O–H groups in total. The molecule has 0 spiro atoms. The Morgan fingerprint density at radius 2 is 2.14 bits per heavy atom. The average molecular weight is 332 g/mol. The van der Waals surface area contributed by atoms with Crippen LogP contribution in [-0.2, 0) is 14.8 Å². The van der Waals surface area contributed by atoms with Gasteiger partial charge >= 0.3 is 0 Å². The largest absolute Gasteiger partial charge is 0.309 e. The van der Waals surface area contributed by atoms with Crippen LogP contribution >= 0.6 is 11.6 Å². The molecule has 0 aromatic carbocycles. The van der Waals surface area contributed by atoms with Gasteiger partial charge in [-0.1, -0.05) is 25.4 Å². The number of hydrogen-bond acceptors (Lipinski definition) is 4. The Morgan fingerprint density at radius 3 is 2.62 bits per heavy atom. The van der Waals surface area contributed by atoms with Crippen molar-refractivity contribution in [1.82, 2.24) is 9.29 Å². The van der Waals surface area contributed by atoms with Crippen LogP contribution < -0.4 is 5.32 Å². The van der Waals surface area contributed by atoms with Crippen molar-refractivity contribution >= 4 is 33.3 Å². The first-order valence-electron chi connectivity index (χ1n) is 6.73. The van der Waals surface area contributed by atoms with Crippen LogP contribution in [0.4, 0.5) is 5.82 Å². The maximum absolute atomic E-state index is 12.4. The minimum Gasteiger partial charge on any atom is -0.309 e. The lowest BCUT2D eigenvalue weighted by Crippen LogP contribution is -2.48. The molecule has 1 unspecified atom stereocenters. The van der Waals surface area contributed by atoms with Crippen molar-refractivity contribution in [1.29, 1.82) is 0 Å². The number of halogens is 1. The van der Waals surface area contributed by atoms with Gasteiger partial charge in [0.1, 0.15) is 11.9 Å². The number of nitrogens with one attached hydrogen (secondary N) is 1. The highest BCUT2D eigenvalue weighted by Crippen LogP contribution is 2.23. The van der Waals surface area contributed by atoms with E-state index in [-0.39, 0.29) is 17.6 Å². The van der Waals surface area contributed by atoms with Gasteiger partial charge in [0.15, 0.2) is 0 Å². The van der Waals surface area contributed by atoms with E-state index in [9.17, 15) is 13.2 Å². The Morgan fingerprint density at radius 1 is 1.43 bits per heavy atom. The Bertz CT molecular complexity index is 616. The lowest BCUT2D eigenvalue weighted by atomic mass is 10.0. The fourth-order valence-corrected chi connectivity index (χ4v) is 4.32. The molecule has 8 heteroatoms. The van der Waals surface area contributed by atoms with E-state index in [0.717, 1.165) is 0 Å². The van der Waals surface area contributed by atoms with E-state index in [4.69, 9.17) is 11.6 Å². The summed E-state index contributed by atoms with van der Waals surface area (Å²) in [6.45, 7) is 4.04. The van der Waals surface area contributed by atoms with Crippen molar-refractivity contribution in [3.63, 3.8) is 0 Å². The zero-order valence-corrected chi connectivity index (χ0v) is 13.5. The summed E-state index contributed by atoms with van der Waals surface area (Å²) < 4.78 is 25.3. The molecule has 0 saturated carbocycles. The zero-order valence-electron chi connectivity index (χ0n) is 11.9. The van der Waals surface area contributed by atoms with Gasteiger partial charge in [-0.2, -0.15) is 4.31 Å². The quantitative estimate of drug-likeness (QED) is 0.911. The standard InChI is InChI=1S/C13H18ClN3O3S/c1-9(2)12(17-6-3-7-21(17,19)20)13(18)16-11-5-4-10(14)8-15-11/h4-5,8-9,12H,3,6-7H2,1-2H3,(H,15,16,18). The molecule has 1 aliphatic rings. The minimum atomic E-state index is -3.34. The first kappa shape index (κ1) is 16.2. The van der Waals surface area contributed by atoms with Gasteiger partial charge in [0.25, 0.3) is 0 Å². The molecule has 6 nitrogen and oxygen atoms in total. The first-order valence-corrected chi connectivity index (χ1v) is 8.72. The summed E-state index contributed by atoms with van der Waals surface area (Å²) in [5, 5.41) is 3.12. The predicted octanol–water partition coefficient (Wildman–Crippen LogP) is 1.73. The molecule has 2 rings (SSSR count). The molecule has 1 aliphatic heterocycles. The van der Waals surface area contributed by atoms with E-state index in [0.29, 0.717) is 23.8 Å². The molecule has 116 valence electrons. The van der Waals surface area contributed by atoms with E-state index in [1.54, 1.807) is 12.1 Å². The fourth-order valence-electron chi connectivity index (χ4n) is 2.39. The third-order valence-corrected chi connectivity index (χ3v) is 5.48. The van der Waals surface area contributed by atoms with Crippen LogP contribution in [0.2, 0.25) is 5.02 Å². The van der Waals surface area contributed by atoms with E-state index >= 15 is 0 Å². The van der Waals surface area contributed by atoms with Crippen molar-refractivity contribution in [2.75, 3.05) is 17.6 Å². The second kappa shape index (κ2) is 6.29. The molecule has 1 aromatic rings. The smallest absolute Gasteiger partial charge is 0.244 e. The molecular weight excluding hydrogens is 314 g/mol. The summed E-state index contributed by atoms with van der Waals surface area (Å²) in [6, 6.07) is 2.46. The highest BCUT2D eigenvalue weighted by atomic mass is 35.5. The monoisotopic (exact) mass is 331 g/mol. The predicted molar refractivity (Wildman–Crippen MR) is 81.6 cm³/mol. The summed E-state index contributed by atoms with van der Waals surface area (Å²) in [4.78, 5) is 16.4. The van der Waals surface area contributed by atoms with Crippen LogP contribution in [0, 0.1) is 5.92 Å². The number of pyridine rings is 1. The summed E-state index contributed by atoms with van der Waals surface area (Å²) >= 11 is 5.74. The number of rotatable bonds is 4. The van der Waals surface area contributed by atoms with Crippen LogP contribution in [0.3, 0.4) is 0 Å². The molecule has 1 amide bonds. The van der Waals surface area contributed by atoms with Gasteiger partial charge in [-0.05, 0) is 24.5 Å². The maximum Gasteiger partial charge on any atom is 0.244 e. The van der Waals surface area contributed by atoms with Crippen LogP contribution in [0.1, 0.15) is 20.3 Å². The lowest BCUT2D eigenvalue weighted by Gasteiger charge is -2.28. The Hall–Kier alpha value is -1.18. The topological polar surface area (TPSA) is 79.4 Å². The molecule has 1 atom stereocenters. The summed E-state index contributed by atoms with van der Waals surface area (Å²) in [5.74, 6) is -0.0509. The highest BCUT2D eigenvalue weighted by Gasteiger charge is 2.39. The van der Waals surface area contributed by atoms with Gasteiger partial charge in [-0.25, -0.2) is 13.4 Å². The number of carbonyl (C=O) groups excluding carboxylic acids is 1. The Labute approximate surface area is 129 Å². The van der Waals surface area contributed by atoms with Gasteiger partial charge in [0, 0.05) is 12.7 Å². The molecule has 1 fully saturated rings. The van der Waals surface area contributed by atoms with E-state index < -0.39 is 16.1 Å². The number of nitrogens with zero attached hydrogens (tertiary/aromatic N) is 2. The molecule has 1 saturated heterocycles. The second-order valence-electron chi connectivity index (χ2n) is 5.32.